The van der Waals surface area contributed by atoms with E-state index in [9.17, 15) is 14.4 Å². The number of carbonyl (C=O) groups excluding carboxylic acids is 3. The Morgan fingerprint density at radius 3 is 2.33 bits per heavy atom. The number of rotatable bonds is 5. The lowest BCUT2D eigenvalue weighted by Gasteiger charge is -2.33. The minimum Gasteiger partial charge on any atom is -0.463 e. The van der Waals surface area contributed by atoms with Crippen molar-refractivity contribution in [2.75, 3.05) is 32.8 Å². The van der Waals surface area contributed by atoms with E-state index in [1.165, 1.54) is 9.80 Å². The lowest BCUT2D eigenvalue weighted by Crippen LogP contribution is -2.54. The van der Waals surface area contributed by atoms with E-state index in [4.69, 9.17) is 4.74 Å². The van der Waals surface area contributed by atoms with Gasteiger partial charge in [0, 0.05) is 25.2 Å². The first-order chi connectivity index (χ1) is 8.51. The molecular weight excluding hydrogens is 236 g/mol. The molecule has 0 bridgehead atoms. The van der Waals surface area contributed by atoms with Crippen LogP contribution in [0.4, 0.5) is 0 Å². The van der Waals surface area contributed by atoms with Gasteiger partial charge in [-0.25, -0.2) is 4.79 Å². The fourth-order valence-electron chi connectivity index (χ4n) is 1.70. The van der Waals surface area contributed by atoms with Gasteiger partial charge in [0.05, 0.1) is 13.2 Å². The molecule has 0 spiro atoms. The van der Waals surface area contributed by atoms with Gasteiger partial charge in [0.25, 0.3) is 0 Å². The Balaban J connectivity index is 2.59. The van der Waals surface area contributed by atoms with Gasteiger partial charge in [0.1, 0.15) is 0 Å². The average Bonchev–Trinajstić information content (AvgIpc) is 2.35. The Hall–Kier alpha value is -1.85. The number of nitrogens with zero attached hydrogens (tertiary/aromatic N) is 2. The fraction of sp³-hybridized carbons (Fsp3) is 0.583. The summed E-state index contributed by atoms with van der Waals surface area (Å²) in [6.07, 6.45) is 0. The summed E-state index contributed by atoms with van der Waals surface area (Å²) in [6, 6.07) is 0. The second-order valence-electron chi connectivity index (χ2n) is 3.94. The Labute approximate surface area is 106 Å². The quantitative estimate of drug-likeness (QED) is 0.387. The molecule has 0 N–H and O–H groups in total. The zero-order valence-corrected chi connectivity index (χ0v) is 10.8. The predicted octanol–water partition coefficient (Wildman–Crippen LogP) is -0.204. The minimum atomic E-state index is -0.589. The molecular formula is C12H18N2O4. The van der Waals surface area contributed by atoms with Crippen LogP contribution in [0.3, 0.4) is 0 Å². The second kappa shape index (κ2) is 6.18. The van der Waals surface area contributed by atoms with E-state index in [2.05, 4.69) is 6.58 Å². The topological polar surface area (TPSA) is 66.9 Å². The number of amides is 2. The Morgan fingerprint density at radius 2 is 1.78 bits per heavy atom. The number of esters is 1. The van der Waals surface area contributed by atoms with Gasteiger partial charge in [-0.2, -0.15) is 0 Å². The zero-order valence-electron chi connectivity index (χ0n) is 10.8. The fourth-order valence-corrected chi connectivity index (χ4v) is 1.70. The van der Waals surface area contributed by atoms with Crippen molar-refractivity contribution in [3.63, 3.8) is 0 Å². The van der Waals surface area contributed by atoms with Gasteiger partial charge in [-0.15, -0.1) is 0 Å². The van der Waals surface area contributed by atoms with Crippen LogP contribution in [-0.4, -0.2) is 60.4 Å². The average molecular weight is 254 g/mol. The van der Waals surface area contributed by atoms with Crippen LogP contribution in [0, 0.1) is 0 Å². The van der Waals surface area contributed by atoms with Gasteiger partial charge in [-0.1, -0.05) is 6.58 Å². The molecule has 0 radical (unpaired) electrons. The number of piperazine rings is 1. The highest BCUT2D eigenvalue weighted by Crippen LogP contribution is 2.08. The van der Waals surface area contributed by atoms with Crippen LogP contribution in [0.1, 0.15) is 13.8 Å². The first-order valence-corrected chi connectivity index (χ1v) is 5.94. The maximum atomic E-state index is 11.8. The zero-order chi connectivity index (χ0) is 13.7. The maximum absolute atomic E-state index is 11.8. The monoisotopic (exact) mass is 254 g/mol. The van der Waals surface area contributed by atoms with Crippen molar-refractivity contribution in [2.45, 2.75) is 13.8 Å². The van der Waals surface area contributed by atoms with Gasteiger partial charge < -0.3 is 14.5 Å². The van der Waals surface area contributed by atoms with Crippen LogP contribution in [-0.2, 0) is 19.1 Å². The van der Waals surface area contributed by atoms with Crippen molar-refractivity contribution in [3.05, 3.63) is 12.2 Å². The van der Waals surface area contributed by atoms with E-state index in [0.29, 0.717) is 19.6 Å². The summed E-state index contributed by atoms with van der Waals surface area (Å²) < 4.78 is 4.78. The van der Waals surface area contributed by atoms with Gasteiger partial charge in [0.15, 0.2) is 0 Å². The molecule has 1 heterocycles. The summed E-state index contributed by atoms with van der Waals surface area (Å²) in [5.41, 5.74) is 0.183. The summed E-state index contributed by atoms with van der Waals surface area (Å²) in [4.78, 5) is 37.6. The van der Waals surface area contributed by atoms with Crippen LogP contribution < -0.4 is 0 Å². The first kappa shape index (κ1) is 14.2. The largest absolute Gasteiger partial charge is 0.463 e. The van der Waals surface area contributed by atoms with E-state index in [0.717, 1.165) is 0 Å². The Kier molecular flexibility index (Phi) is 4.88. The molecule has 0 unspecified atom stereocenters. The molecule has 1 aliphatic rings. The molecule has 100 valence electrons. The van der Waals surface area contributed by atoms with Crippen LogP contribution >= 0.6 is 0 Å². The third kappa shape index (κ3) is 3.09. The molecule has 2 amide bonds. The molecule has 1 fully saturated rings. The van der Waals surface area contributed by atoms with Gasteiger partial charge >= 0.3 is 17.8 Å². The highest BCUT2D eigenvalue weighted by Gasteiger charge is 2.32. The third-order valence-corrected chi connectivity index (χ3v) is 2.72. The van der Waals surface area contributed by atoms with Crippen LogP contribution in [0.5, 0.6) is 0 Å². The molecule has 6 heteroatoms. The van der Waals surface area contributed by atoms with Crippen molar-refractivity contribution in [3.8, 4) is 0 Å². The standard InChI is InChI=1S/C12H18N2O4/c1-4-13-6-7-14(11(16)10(13)15)8-9(3)12(17)18-5-2/h3-8H2,1-2H3. The Morgan fingerprint density at radius 1 is 1.22 bits per heavy atom. The normalized spacial score (nSPS) is 15.9. The molecule has 18 heavy (non-hydrogen) atoms. The number of hydrogen-bond donors (Lipinski definition) is 0. The highest BCUT2D eigenvalue weighted by molar-refractivity contribution is 6.35. The first-order valence-electron chi connectivity index (χ1n) is 5.94. The highest BCUT2D eigenvalue weighted by atomic mass is 16.5. The molecule has 0 aromatic heterocycles. The van der Waals surface area contributed by atoms with Crippen molar-refractivity contribution in [1.29, 1.82) is 0 Å². The molecule has 0 aromatic rings. The van der Waals surface area contributed by atoms with Gasteiger partial charge in [-0.05, 0) is 13.8 Å². The SMILES string of the molecule is C=C(CN1CCN(CC)C(=O)C1=O)C(=O)OCC. The second-order valence-corrected chi connectivity index (χ2v) is 3.94. The van der Waals surface area contributed by atoms with Gasteiger partial charge in [0.2, 0.25) is 0 Å². The van der Waals surface area contributed by atoms with E-state index in [-0.39, 0.29) is 18.7 Å². The summed E-state index contributed by atoms with van der Waals surface area (Å²) in [7, 11) is 0. The van der Waals surface area contributed by atoms with E-state index < -0.39 is 17.8 Å². The van der Waals surface area contributed by atoms with Crippen LogP contribution in [0.25, 0.3) is 0 Å². The molecule has 1 aliphatic heterocycles. The number of ether oxygens (including phenoxy) is 1. The maximum Gasteiger partial charge on any atom is 0.335 e. The molecule has 0 aliphatic carbocycles. The van der Waals surface area contributed by atoms with Gasteiger partial charge in [-0.3, -0.25) is 9.59 Å². The van der Waals surface area contributed by atoms with E-state index >= 15 is 0 Å². The van der Waals surface area contributed by atoms with Crippen molar-refractivity contribution in [1.82, 2.24) is 9.80 Å². The number of hydrogen-bond acceptors (Lipinski definition) is 4. The lowest BCUT2D eigenvalue weighted by atomic mass is 10.2. The van der Waals surface area contributed by atoms with Crippen LogP contribution in [0.2, 0.25) is 0 Å². The van der Waals surface area contributed by atoms with E-state index in [1.54, 1.807) is 6.92 Å². The minimum absolute atomic E-state index is 0.0426. The summed E-state index contributed by atoms with van der Waals surface area (Å²) in [5, 5.41) is 0. The lowest BCUT2D eigenvalue weighted by molar-refractivity contribution is -0.155. The molecule has 0 saturated carbocycles. The number of likely N-dealkylation sites (N-methyl/N-ethyl adjacent to an activating group) is 1. The van der Waals surface area contributed by atoms with Crippen molar-refractivity contribution >= 4 is 17.8 Å². The smallest absolute Gasteiger partial charge is 0.335 e. The molecule has 0 aromatic carbocycles. The predicted molar refractivity (Wildman–Crippen MR) is 64.6 cm³/mol. The molecule has 1 rings (SSSR count). The molecule has 1 saturated heterocycles. The summed E-state index contributed by atoms with van der Waals surface area (Å²) >= 11 is 0. The van der Waals surface area contributed by atoms with Crippen molar-refractivity contribution in [2.24, 2.45) is 0 Å². The van der Waals surface area contributed by atoms with Crippen molar-refractivity contribution < 1.29 is 19.1 Å². The Bertz CT molecular complexity index is 378. The molecule has 6 nitrogen and oxygen atoms in total. The third-order valence-electron chi connectivity index (χ3n) is 2.72. The van der Waals surface area contributed by atoms with E-state index in [1.807, 2.05) is 6.92 Å². The number of carbonyl (C=O) groups is 3. The summed E-state index contributed by atoms with van der Waals surface area (Å²) in [6.45, 7) is 8.79. The molecule has 0 atom stereocenters. The van der Waals surface area contributed by atoms with Crippen LogP contribution in [0.15, 0.2) is 12.2 Å². The summed E-state index contributed by atoms with van der Waals surface area (Å²) in [5.74, 6) is -1.65.